The summed E-state index contributed by atoms with van der Waals surface area (Å²) in [6.07, 6.45) is 3.97. The molecule has 0 aromatic heterocycles. The van der Waals surface area contributed by atoms with Crippen molar-refractivity contribution in [1.29, 1.82) is 0 Å². The van der Waals surface area contributed by atoms with Gasteiger partial charge in [-0.2, -0.15) is 0 Å². The largest absolute Gasteiger partial charge is 0.486 e. The van der Waals surface area contributed by atoms with E-state index in [9.17, 15) is 18.4 Å². The molecule has 0 spiro atoms. The first-order chi connectivity index (χ1) is 18.4. The molecule has 7 heteroatoms. The molecule has 0 bridgehead atoms. The molecular weight excluding hydrogens is 488 g/mol. The van der Waals surface area contributed by atoms with Crippen LogP contribution in [0.3, 0.4) is 0 Å². The van der Waals surface area contributed by atoms with Crippen molar-refractivity contribution >= 4 is 11.9 Å². The number of nitrogens with one attached hydrogen (secondary N) is 1. The number of ether oxygens (including phenoxy) is 1. The van der Waals surface area contributed by atoms with Crippen molar-refractivity contribution < 1.29 is 28.2 Å². The van der Waals surface area contributed by atoms with Gasteiger partial charge in [-0.1, -0.05) is 80.6 Å². The van der Waals surface area contributed by atoms with Crippen LogP contribution < -0.4 is 10.1 Å². The van der Waals surface area contributed by atoms with Crippen LogP contribution in [-0.2, 0) is 4.79 Å². The summed E-state index contributed by atoms with van der Waals surface area (Å²) in [6.45, 7) is 0.0632. The van der Waals surface area contributed by atoms with Crippen molar-refractivity contribution in [1.82, 2.24) is 5.32 Å². The molecule has 200 valence electrons. The Morgan fingerprint density at radius 1 is 0.921 bits per heavy atom. The van der Waals surface area contributed by atoms with Crippen LogP contribution in [-0.4, -0.2) is 23.5 Å². The Bertz CT molecular complexity index is 1210. The van der Waals surface area contributed by atoms with E-state index in [1.165, 1.54) is 25.3 Å². The molecule has 1 aliphatic rings. The molecule has 1 amide bonds. The highest BCUT2D eigenvalue weighted by Crippen LogP contribution is 2.36. The van der Waals surface area contributed by atoms with E-state index in [0.29, 0.717) is 22.8 Å². The Morgan fingerprint density at radius 2 is 1.61 bits per heavy atom. The van der Waals surface area contributed by atoms with Gasteiger partial charge in [-0.25, -0.2) is 8.78 Å². The predicted molar refractivity (Wildman–Crippen MR) is 142 cm³/mol. The number of hydrogen-bond acceptors (Lipinski definition) is 3. The summed E-state index contributed by atoms with van der Waals surface area (Å²) in [4.78, 5) is 22.9. The topological polar surface area (TPSA) is 75.6 Å². The fourth-order valence-electron chi connectivity index (χ4n) is 5.04. The van der Waals surface area contributed by atoms with Gasteiger partial charge in [0.2, 0.25) is 0 Å². The monoisotopic (exact) mass is 521 g/mol. The van der Waals surface area contributed by atoms with Gasteiger partial charge in [0.1, 0.15) is 11.9 Å². The third kappa shape index (κ3) is 7.40. The number of carbonyl (C=O) groups excluding carboxylic acids is 1. The van der Waals surface area contributed by atoms with Gasteiger partial charge in [-0.05, 0) is 53.3 Å². The van der Waals surface area contributed by atoms with E-state index in [2.05, 4.69) is 5.32 Å². The Balaban J connectivity index is 1.51. The molecule has 3 aromatic carbocycles. The molecular formula is C31H33F2NO4. The number of alkyl halides is 2. The number of carbonyl (C=O) groups is 2. The number of aliphatic carboxylic acids is 1. The number of carboxylic acids is 1. The Labute approximate surface area is 221 Å². The molecule has 1 fully saturated rings. The van der Waals surface area contributed by atoms with Crippen LogP contribution >= 0.6 is 0 Å². The lowest BCUT2D eigenvalue weighted by Crippen LogP contribution is -2.25. The lowest BCUT2D eigenvalue weighted by atomic mass is 9.84. The Morgan fingerprint density at radius 3 is 2.26 bits per heavy atom. The molecule has 4 rings (SSSR count). The van der Waals surface area contributed by atoms with E-state index in [-0.39, 0.29) is 30.5 Å². The number of halogens is 2. The van der Waals surface area contributed by atoms with Gasteiger partial charge >= 0.3 is 5.97 Å². The van der Waals surface area contributed by atoms with E-state index in [1.54, 1.807) is 42.5 Å². The number of hydrogen-bond donors (Lipinski definition) is 2. The third-order valence-electron chi connectivity index (χ3n) is 7.08. The number of amides is 1. The first-order valence-corrected chi connectivity index (χ1v) is 13.1. The minimum absolute atomic E-state index is 0.0161. The summed E-state index contributed by atoms with van der Waals surface area (Å²) >= 11 is 0. The van der Waals surface area contributed by atoms with Gasteiger partial charge in [0.05, 0.1) is 6.42 Å². The molecule has 1 unspecified atom stereocenters. The summed E-state index contributed by atoms with van der Waals surface area (Å²) in [5, 5.41) is 11.3. The van der Waals surface area contributed by atoms with Crippen LogP contribution in [0.2, 0.25) is 0 Å². The van der Waals surface area contributed by atoms with Gasteiger partial charge in [-0.3, -0.25) is 9.59 Å². The molecule has 1 atom stereocenters. The van der Waals surface area contributed by atoms with Crippen molar-refractivity contribution in [2.24, 2.45) is 5.92 Å². The molecule has 3 aromatic rings. The van der Waals surface area contributed by atoms with Crippen molar-refractivity contribution in [2.45, 2.75) is 57.5 Å². The fourth-order valence-corrected chi connectivity index (χ4v) is 5.04. The zero-order chi connectivity index (χ0) is 26.9. The molecule has 0 aliphatic heterocycles. The molecule has 2 N–H and O–H groups in total. The second kappa shape index (κ2) is 13.2. The van der Waals surface area contributed by atoms with Crippen molar-refractivity contribution in [2.75, 3.05) is 6.54 Å². The Hall–Kier alpha value is -3.74. The summed E-state index contributed by atoms with van der Waals surface area (Å²) in [5.74, 6) is -0.132. The molecule has 0 heterocycles. The van der Waals surface area contributed by atoms with Gasteiger partial charge < -0.3 is 15.2 Å². The average molecular weight is 522 g/mol. The van der Waals surface area contributed by atoms with Crippen LogP contribution in [0.15, 0.2) is 72.8 Å². The summed E-state index contributed by atoms with van der Waals surface area (Å²) in [7, 11) is 0. The lowest BCUT2D eigenvalue weighted by molar-refractivity contribution is -0.136. The van der Waals surface area contributed by atoms with Gasteiger partial charge in [0, 0.05) is 17.7 Å². The third-order valence-corrected chi connectivity index (χ3v) is 7.08. The smallest absolute Gasteiger partial charge is 0.305 e. The van der Waals surface area contributed by atoms with Crippen molar-refractivity contribution in [3.05, 3.63) is 89.5 Å². The molecule has 5 nitrogen and oxygen atoms in total. The fraction of sp³-hybridized carbons (Fsp3) is 0.355. The summed E-state index contributed by atoms with van der Waals surface area (Å²) in [5.41, 5.74) is 2.68. The highest BCUT2D eigenvalue weighted by molar-refractivity contribution is 5.94. The van der Waals surface area contributed by atoms with Gasteiger partial charge in [0.15, 0.2) is 0 Å². The van der Waals surface area contributed by atoms with Crippen LogP contribution in [0.5, 0.6) is 5.75 Å². The van der Waals surface area contributed by atoms with E-state index < -0.39 is 12.4 Å². The van der Waals surface area contributed by atoms with Gasteiger partial charge in [0.25, 0.3) is 12.3 Å². The summed E-state index contributed by atoms with van der Waals surface area (Å²) in [6, 6.07) is 21.0. The van der Waals surface area contributed by atoms with E-state index in [1.807, 2.05) is 24.3 Å². The average Bonchev–Trinajstić information content (AvgIpc) is 2.93. The number of rotatable bonds is 11. The molecule has 0 saturated heterocycles. The first kappa shape index (κ1) is 27.3. The van der Waals surface area contributed by atoms with Crippen molar-refractivity contribution in [3.8, 4) is 16.9 Å². The minimum atomic E-state index is -2.55. The first-order valence-electron chi connectivity index (χ1n) is 13.1. The Kier molecular flexibility index (Phi) is 9.46. The van der Waals surface area contributed by atoms with Crippen molar-refractivity contribution in [3.63, 3.8) is 0 Å². The summed E-state index contributed by atoms with van der Waals surface area (Å²) < 4.78 is 33.5. The van der Waals surface area contributed by atoms with Crippen LogP contribution in [0, 0.1) is 5.92 Å². The highest BCUT2D eigenvalue weighted by Gasteiger charge is 2.23. The minimum Gasteiger partial charge on any atom is -0.486 e. The molecule has 38 heavy (non-hydrogen) atoms. The number of benzene rings is 3. The second-order valence-corrected chi connectivity index (χ2v) is 9.78. The predicted octanol–water partition coefficient (Wildman–Crippen LogP) is 7.59. The van der Waals surface area contributed by atoms with Crippen LogP contribution in [0.25, 0.3) is 11.1 Å². The van der Waals surface area contributed by atoms with E-state index in [0.717, 1.165) is 30.4 Å². The van der Waals surface area contributed by atoms with Crippen LogP contribution in [0.1, 0.15) is 79.0 Å². The maximum absolute atomic E-state index is 13.5. The van der Waals surface area contributed by atoms with Gasteiger partial charge in [-0.15, -0.1) is 0 Å². The number of carboxylic acid groups (broad SMARTS) is 1. The van der Waals surface area contributed by atoms with Crippen LogP contribution in [0.4, 0.5) is 8.78 Å². The molecule has 1 aliphatic carbocycles. The maximum atomic E-state index is 13.5. The highest BCUT2D eigenvalue weighted by atomic mass is 19.3. The van der Waals surface area contributed by atoms with E-state index in [4.69, 9.17) is 9.84 Å². The standard InChI is InChI=1S/C31H33F2NO4/c32-30(33)27-9-5-4-8-26(27)22-10-12-23(13-11-22)28(20-21-6-2-1-3-7-21)38-25-16-14-24(15-17-25)31(37)34-19-18-29(35)36/h4-5,8-17,21,28,30H,1-3,6-7,18-20H2,(H,34,37)(H,35,36). The maximum Gasteiger partial charge on any atom is 0.305 e. The zero-order valence-corrected chi connectivity index (χ0v) is 21.2. The second-order valence-electron chi connectivity index (χ2n) is 9.78. The quantitative estimate of drug-likeness (QED) is 0.273. The SMILES string of the molecule is O=C(O)CCNC(=O)c1ccc(OC(CC2CCCCC2)c2ccc(-c3ccccc3C(F)F)cc2)cc1. The molecule has 1 saturated carbocycles. The normalized spacial score (nSPS) is 14.7. The molecule has 0 radical (unpaired) electrons. The van der Waals surface area contributed by atoms with E-state index >= 15 is 0 Å². The lowest BCUT2D eigenvalue weighted by Gasteiger charge is -2.27. The zero-order valence-electron chi connectivity index (χ0n) is 21.2.